The Labute approximate surface area is 148 Å². The van der Waals surface area contributed by atoms with Gasteiger partial charge < -0.3 is 15.0 Å². The van der Waals surface area contributed by atoms with Gasteiger partial charge in [0.05, 0.1) is 18.6 Å². The number of benzene rings is 2. The van der Waals surface area contributed by atoms with E-state index in [-0.39, 0.29) is 12.0 Å². The normalized spacial score (nSPS) is 22.0. The number of rotatable bonds is 4. The lowest BCUT2D eigenvalue weighted by Crippen LogP contribution is -2.30. The van der Waals surface area contributed by atoms with Gasteiger partial charge in [0, 0.05) is 24.5 Å². The van der Waals surface area contributed by atoms with Crippen LogP contribution >= 0.6 is 0 Å². The minimum Gasteiger partial charge on any atom is -0.380 e. The van der Waals surface area contributed by atoms with Crippen LogP contribution in [-0.2, 0) is 22.4 Å². The summed E-state index contributed by atoms with van der Waals surface area (Å²) in [5.74, 6) is 0.166. The van der Waals surface area contributed by atoms with Crippen LogP contribution in [0, 0.1) is 0 Å². The highest BCUT2D eigenvalue weighted by molar-refractivity contribution is 5.97. The fourth-order valence-corrected chi connectivity index (χ4v) is 3.73. The molecule has 2 heterocycles. The average Bonchev–Trinajstić information content (AvgIpc) is 3.22. The number of hydrogen-bond acceptors (Lipinski definition) is 3. The largest absolute Gasteiger partial charge is 0.380 e. The number of fused-ring (bicyclic) bond motifs is 1. The maximum absolute atomic E-state index is 12.8. The van der Waals surface area contributed by atoms with E-state index in [1.807, 2.05) is 35.2 Å². The van der Waals surface area contributed by atoms with Crippen LogP contribution in [-0.4, -0.2) is 31.2 Å². The fraction of sp³-hybridized carbons (Fsp3) is 0.381. The van der Waals surface area contributed by atoms with Gasteiger partial charge in [0.1, 0.15) is 0 Å². The second kappa shape index (κ2) is 6.89. The standard InChI is InChI=1S/C21H24N2O2/c1-15-19(10-12-25-15)22-18-8-7-17-9-11-23(20(17)14-18)21(24)13-16-5-3-2-4-6-16/h2-8,14-15,19,22H,9-13H2,1H3/t15-,19-/m1/s1. The number of ether oxygens (including phenoxy) is 1. The van der Waals surface area contributed by atoms with Crippen LogP contribution in [0.5, 0.6) is 0 Å². The molecule has 2 aromatic rings. The SMILES string of the molecule is C[C@H]1OCC[C@H]1Nc1ccc2c(c1)N(C(=O)Cc1ccccc1)CC2. The predicted octanol–water partition coefficient (Wildman–Crippen LogP) is 3.41. The first-order chi connectivity index (χ1) is 12.2. The monoisotopic (exact) mass is 336 g/mol. The van der Waals surface area contributed by atoms with Gasteiger partial charge in [-0.1, -0.05) is 36.4 Å². The van der Waals surface area contributed by atoms with E-state index in [1.54, 1.807) is 0 Å². The second-order valence-corrected chi connectivity index (χ2v) is 6.92. The summed E-state index contributed by atoms with van der Waals surface area (Å²) >= 11 is 0. The number of amides is 1. The van der Waals surface area contributed by atoms with E-state index >= 15 is 0 Å². The highest BCUT2D eigenvalue weighted by atomic mass is 16.5. The Morgan fingerprint density at radius 1 is 1.24 bits per heavy atom. The first-order valence-corrected chi connectivity index (χ1v) is 9.06. The first-order valence-electron chi connectivity index (χ1n) is 9.06. The number of anilines is 2. The molecule has 1 saturated heterocycles. The molecule has 4 nitrogen and oxygen atoms in total. The number of nitrogens with zero attached hydrogens (tertiary/aromatic N) is 1. The predicted molar refractivity (Wildman–Crippen MR) is 100 cm³/mol. The highest BCUT2D eigenvalue weighted by Crippen LogP contribution is 2.32. The van der Waals surface area contributed by atoms with Gasteiger partial charge in [0.15, 0.2) is 0 Å². The molecule has 0 unspecified atom stereocenters. The zero-order valence-electron chi connectivity index (χ0n) is 14.6. The summed E-state index contributed by atoms with van der Waals surface area (Å²) in [6.07, 6.45) is 2.63. The maximum atomic E-state index is 12.8. The van der Waals surface area contributed by atoms with Crippen LogP contribution in [0.3, 0.4) is 0 Å². The lowest BCUT2D eigenvalue weighted by atomic mass is 10.1. The summed E-state index contributed by atoms with van der Waals surface area (Å²) in [5, 5.41) is 3.57. The van der Waals surface area contributed by atoms with Crippen LogP contribution in [0.25, 0.3) is 0 Å². The topological polar surface area (TPSA) is 41.6 Å². The molecular formula is C21H24N2O2. The fourth-order valence-electron chi connectivity index (χ4n) is 3.73. The number of hydrogen-bond donors (Lipinski definition) is 1. The lowest BCUT2D eigenvalue weighted by molar-refractivity contribution is -0.117. The minimum atomic E-state index is 0.166. The van der Waals surface area contributed by atoms with Crippen molar-refractivity contribution in [3.05, 3.63) is 59.7 Å². The van der Waals surface area contributed by atoms with Gasteiger partial charge in [0.25, 0.3) is 0 Å². The van der Waals surface area contributed by atoms with Gasteiger partial charge in [-0.2, -0.15) is 0 Å². The average molecular weight is 336 g/mol. The van der Waals surface area contributed by atoms with E-state index in [1.165, 1.54) is 5.56 Å². The van der Waals surface area contributed by atoms with Crippen molar-refractivity contribution in [3.63, 3.8) is 0 Å². The molecule has 2 aromatic carbocycles. The van der Waals surface area contributed by atoms with E-state index in [9.17, 15) is 4.79 Å². The molecule has 0 spiro atoms. The molecule has 0 radical (unpaired) electrons. The Hall–Kier alpha value is -2.33. The molecule has 0 saturated carbocycles. The highest BCUT2D eigenvalue weighted by Gasteiger charge is 2.27. The Bertz CT molecular complexity index is 760. The minimum absolute atomic E-state index is 0.166. The molecule has 2 atom stereocenters. The van der Waals surface area contributed by atoms with Crippen molar-refractivity contribution in [3.8, 4) is 0 Å². The van der Waals surface area contributed by atoms with Crippen molar-refractivity contribution in [2.75, 3.05) is 23.4 Å². The second-order valence-electron chi connectivity index (χ2n) is 6.92. The maximum Gasteiger partial charge on any atom is 0.231 e. The first kappa shape index (κ1) is 16.2. The van der Waals surface area contributed by atoms with Crippen LogP contribution in [0.2, 0.25) is 0 Å². The van der Waals surface area contributed by atoms with Crippen LogP contribution in [0.4, 0.5) is 11.4 Å². The third-order valence-corrected chi connectivity index (χ3v) is 5.21. The Morgan fingerprint density at radius 2 is 2.08 bits per heavy atom. The van der Waals surface area contributed by atoms with Crippen molar-refractivity contribution >= 4 is 17.3 Å². The molecular weight excluding hydrogens is 312 g/mol. The smallest absolute Gasteiger partial charge is 0.231 e. The summed E-state index contributed by atoms with van der Waals surface area (Å²) in [7, 11) is 0. The molecule has 0 aliphatic carbocycles. The number of carbonyl (C=O) groups excluding carboxylic acids is 1. The zero-order chi connectivity index (χ0) is 17.2. The van der Waals surface area contributed by atoms with Crippen LogP contribution in [0.15, 0.2) is 48.5 Å². The molecule has 4 heteroatoms. The van der Waals surface area contributed by atoms with Crippen molar-refractivity contribution in [1.29, 1.82) is 0 Å². The van der Waals surface area contributed by atoms with Gasteiger partial charge >= 0.3 is 0 Å². The Balaban J connectivity index is 1.50. The molecule has 1 amide bonds. The molecule has 1 fully saturated rings. The van der Waals surface area contributed by atoms with Gasteiger partial charge in [-0.15, -0.1) is 0 Å². The summed E-state index contributed by atoms with van der Waals surface area (Å²) < 4.78 is 5.63. The van der Waals surface area contributed by atoms with Gasteiger partial charge in [-0.25, -0.2) is 0 Å². The summed E-state index contributed by atoms with van der Waals surface area (Å²) in [5.41, 5.74) is 4.44. The van der Waals surface area contributed by atoms with Gasteiger partial charge in [-0.3, -0.25) is 4.79 Å². The number of carbonyl (C=O) groups is 1. The quantitative estimate of drug-likeness (QED) is 0.930. The third-order valence-electron chi connectivity index (χ3n) is 5.21. The van der Waals surface area contributed by atoms with Crippen LogP contribution in [0.1, 0.15) is 24.5 Å². The molecule has 25 heavy (non-hydrogen) atoms. The number of nitrogens with one attached hydrogen (secondary N) is 1. The molecule has 4 rings (SSSR count). The third kappa shape index (κ3) is 3.40. The molecule has 0 aromatic heterocycles. The van der Waals surface area contributed by atoms with Gasteiger partial charge in [-0.05, 0) is 43.0 Å². The summed E-state index contributed by atoms with van der Waals surface area (Å²) in [4.78, 5) is 14.7. The summed E-state index contributed by atoms with van der Waals surface area (Å²) in [6.45, 7) is 3.69. The van der Waals surface area contributed by atoms with Crippen molar-refractivity contribution in [2.24, 2.45) is 0 Å². The van der Waals surface area contributed by atoms with E-state index in [0.717, 1.165) is 42.9 Å². The van der Waals surface area contributed by atoms with Crippen molar-refractivity contribution in [2.45, 2.75) is 38.3 Å². The van der Waals surface area contributed by atoms with E-state index in [0.29, 0.717) is 12.5 Å². The molecule has 130 valence electrons. The Morgan fingerprint density at radius 3 is 2.84 bits per heavy atom. The van der Waals surface area contributed by atoms with E-state index in [2.05, 4.69) is 30.4 Å². The molecule has 2 aliphatic heterocycles. The van der Waals surface area contributed by atoms with Crippen molar-refractivity contribution < 1.29 is 9.53 Å². The van der Waals surface area contributed by atoms with Crippen molar-refractivity contribution in [1.82, 2.24) is 0 Å². The van der Waals surface area contributed by atoms with Crippen LogP contribution < -0.4 is 10.2 Å². The van der Waals surface area contributed by atoms with Gasteiger partial charge in [0.2, 0.25) is 5.91 Å². The van der Waals surface area contributed by atoms with E-state index in [4.69, 9.17) is 4.74 Å². The Kier molecular flexibility index (Phi) is 4.45. The zero-order valence-corrected chi connectivity index (χ0v) is 14.6. The molecule has 2 aliphatic rings. The molecule has 0 bridgehead atoms. The lowest BCUT2D eigenvalue weighted by Gasteiger charge is -2.21. The molecule has 1 N–H and O–H groups in total. The van der Waals surface area contributed by atoms with E-state index < -0.39 is 0 Å². The summed E-state index contributed by atoms with van der Waals surface area (Å²) in [6, 6.07) is 16.7.